The summed E-state index contributed by atoms with van der Waals surface area (Å²) in [6.07, 6.45) is 2.53. The number of hydrogen-bond donors (Lipinski definition) is 1. The number of aromatic nitrogens is 1. The van der Waals surface area contributed by atoms with Gasteiger partial charge in [-0.05, 0) is 25.8 Å². The van der Waals surface area contributed by atoms with Gasteiger partial charge in [-0.15, -0.1) is 0 Å². The second kappa shape index (κ2) is 5.12. The van der Waals surface area contributed by atoms with E-state index < -0.39 is 14.8 Å². The standard InChI is InChI=1S/C11H15N3O4S/c1-8-5-11(13-7-10(8)14(15)16)12-6-9-3-2-4-19(9,17)18/h5,7,9H,2-4,6H2,1H3,(H,12,13). The molecule has 0 aliphatic carbocycles. The van der Waals surface area contributed by atoms with Crippen molar-refractivity contribution in [2.45, 2.75) is 25.0 Å². The van der Waals surface area contributed by atoms with Crippen molar-refractivity contribution < 1.29 is 13.3 Å². The molecule has 104 valence electrons. The Hall–Kier alpha value is -1.70. The topological polar surface area (TPSA) is 102 Å². The van der Waals surface area contributed by atoms with Crippen LogP contribution in [0.3, 0.4) is 0 Å². The van der Waals surface area contributed by atoms with Crippen molar-refractivity contribution in [3.63, 3.8) is 0 Å². The van der Waals surface area contributed by atoms with E-state index in [4.69, 9.17) is 0 Å². The summed E-state index contributed by atoms with van der Waals surface area (Å²) in [6, 6.07) is 1.56. The Kier molecular flexibility index (Phi) is 3.70. The molecule has 1 aliphatic heterocycles. The molecule has 1 aromatic rings. The van der Waals surface area contributed by atoms with E-state index in [-0.39, 0.29) is 16.7 Å². The number of nitrogens with one attached hydrogen (secondary N) is 1. The van der Waals surface area contributed by atoms with Crippen LogP contribution in [0.1, 0.15) is 18.4 Å². The molecule has 8 heteroatoms. The smallest absolute Gasteiger partial charge is 0.290 e. The molecular weight excluding hydrogens is 270 g/mol. The Morgan fingerprint density at radius 1 is 1.58 bits per heavy atom. The number of nitro groups is 1. The summed E-state index contributed by atoms with van der Waals surface area (Å²) >= 11 is 0. The number of pyridine rings is 1. The molecule has 1 fully saturated rings. The molecule has 1 aromatic heterocycles. The summed E-state index contributed by atoms with van der Waals surface area (Å²) < 4.78 is 23.3. The maximum Gasteiger partial charge on any atom is 0.290 e. The van der Waals surface area contributed by atoms with E-state index in [1.807, 2.05) is 0 Å². The fraction of sp³-hybridized carbons (Fsp3) is 0.545. The Balaban J connectivity index is 2.05. The lowest BCUT2D eigenvalue weighted by molar-refractivity contribution is -0.385. The predicted molar refractivity (Wildman–Crippen MR) is 70.9 cm³/mol. The van der Waals surface area contributed by atoms with Gasteiger partial charge in [-0.2, -0.15) is 0 Å². The average molecular weight is 285 g/mol. The van der Waals surface area contributed by atoms with Crippen molar-refractivity contribution in [2.24, 2.45) is 0 Å². The third-order valence-corrected chi connectivity index (χ3v) is 5.53. The van der Waals surface area contributed by atoms with Crippen LogP contribution < -0.4 is 5.32 Å². The molecule has 1 unspecified atom stereocenters. The van der Waals surface area contributed by atoms with Crippen LogP contribution >= 0.6 is 0 Å². The summed E-state index contributed by atoms with van der Waals surface area (Å²) in [7, 11) is -2.99. The molecule has 2 heterocycles. The van der Waals surface area contributed by atoms with Gasteiger partial charge < -0.3 is 5.32 Å². The van der Waals surface area contributed by atoms with Gasteiger partial charge in [-0.1, -0.05) is 0 Å². The van der Waals surface area contributed by atoms with Gasteiger partial charge in [0, 0.05) is 12.1 Å². The van der Waals surface area contributed by atoms with Crippen molar-refractivity contribution in [1.82, 2.24) is 4.98 Å². The highest BCUT2D eigenvalue weighted by Gasteiger charge is 2.30. The molecule has 1 aliphatic rings. The van der Waals surface area contributed by atoms with Crippen LogP contribution in [0.5, 0.6) is 0 Å². The van der Waals surface area contributed by atoms with Crippen molar-refractivity contribution in [2.75, 3.05) is 17.6 Å². The Labute approximate surface area is 111 Å². The summed E-state index contributed by atoms with van der Waals surface area (Å²) in [5.41, 5.74) is 0.454. The third-order valence-electron chi connectivity index (χ3n) is 3.25. The number of anilines is 1. The van der Waals surface area contributed by atoms with Crippen molar-refractivity contribution in [3.05, 3.63) is 27.9 Å². The molecule has 0 saturated carbocycles. The number of sulfone groups is 1. The summed E-state index contributed by atoms with van der Waals surface area (Å²) in [4.78, 5) is 14.1. The molecule has 2 rings (SSSR count). The lowest BCUT2D eigenvalue weighted by Gasteiger charge is -2.11. The zero-order valence-corrected chi connectivity index (χ0v) is 11.3. The van der Waals surface area contributed by atoms with Gasteiger partial charge in [0.05, 0.1) is 15.9 Å². The number of aryl methyl sites for hydroxylation is 1. The van der Waals surface area contributed by atoms with Crippen molar-refractivity contribution >= 4 is 21.3 Å². The van der Waals surface area contributed by atoms with Crippen molar-refractivity contribution in [3.8, 4) is 0 Å². The lowest BCUT2D eigenvalue weighted by Crippen LogP contribution is -2.25. The molecule has 0 spiro atoms. The highest BCUT2D eigenvalue weighted by molar-refractivity contribution is 7.92. The zero-order chi connectivity index (χ0) is 14.0. The predicted octanol–water partition coefficient (Wildman–Crippen LogP) is 1.29. The third kappa shape index (κ3) is 3.01. The van der Waals surface area contributed by atoms with E-state index in [2.05, 4.69) is 10.3 Å². The van der Waals surface area contributed by atoms with Crippen LogP contribution in [0.4, 0.5) is 11.5 Å². The Morgan fingerprint density at radius 2 is 2.32 bits per heavy atom. The molecule has 0 aromatic carbocycles. The molecule has 0 bridgehead atoms. The number of hydrogen-bond acceptors (Lipinski definition) is 6. The highest BCUT2D eigenvalue weighted by atomic mass is 32.2. The highest BCUT2D eigenvalue weighted by Crippen LogP contribution is 2.22. The first kappa shape index (κ1) is 13.7. The maximum absolute atomic E-state index is 11.6. The normalized spacial score (nSPS) is 21.2. The molecule has 0 amide bonds. The van der Waals surface area contributed by atoms with Crippen LogP contribution in [0.25, 0.3) is 0 Å². The monoisotopic (exact) mass is 285 g/mol. The molecule has 1 N–H and O–H groups in total. The largest absolute Gasteiger partial charge is 0.369 e. The quantitative estimate of drug-likeness (QED) is 0.660. The number of nitrogens with zero attached hydrogens (tertiary/aromatic N) is 2. The molecular formula is C11H15N3O4S. The van der Waals surface area contributed by atoms with Gasteiger partial charge in [-0.25, -0.2) is 13.4 Å². The molecule has 19 heavy (non-hydrogen) atoms. The minimum absolute atomic E-state index is 0.0426. The SMILES string of the molecule is Cc1cc(NCC2CCCS2(=O)=O)ncc1[N+](=O)[O-]. The van der Waals surface area contributed by atoms with Gasteiger partial charge in [0.1, 0.15) is 12.0 Å². The van der Waals surface area contributed by atoms with E-state index in [9.17, 15) is 18.5 Å². The van der Waals surface area contributed by atoms with Crippen molar-refractivity contribution in [1.29, 1.82) is 0 Å². The number of rotatable bonds is 4. The molecule has 1 atom stereocenters. The zero-order valence-electron chi connectivity index (χ0n) is 10.5. The first-order valence-corrected chi connectivity index (χ1v) is 7.68. The fourth-order valence-electron chi connectivity index (χ4n) is 2.14. The molecule has 0 radical (unpaired) electrons. The van der Waals surface area contributed by atoms with E-state index in [1.54, 1.807) is 13.0 Å². The van der Waals surface area contributed by atoms with Crippen LogP contribution in [0, 0.1) is 17.0 Å². The van der Waals surface area contributed by atoms with E-state index in [0.29, 0.717) is 30.8 Å². The Morgan fingerprint density at radius 3 is 2.84 bits per heavy atom. The summed E-state index contributed by atoms with van der Waals surface area (Å²) in [5, 5.41) is 13.2. The van der Waals surface area contributed by atoms with Gasteiger partial charge in [0.15, 0.2) is 9.84 Å². The summed E-state index contributed by atoms with van der Waals surface area (Å²) in [6.45, 7) is 1.92. The molecule has 1 saturated heterocycles. The van der Waals surface area contributed by atoms with E-state index in [0.717, 1.165) is 0 Å². The van der Waals surface area contributed by atoms with Crippen LogP contribution in [-0.2, 0) is 9.84 Å². The Bertz CT molecular complexity index is 600. The minimum Gasteiger partial charge on any atom is -0.369 e. The second-order valence-corrected chi connectivity index (χ2v) is 7.03. The fourth-order valence-corrected chi connectivity index (χ4v) is 3.91. The van der Waals surface area contributed by atoms with Gasteiger partial charge in [0.2, 0.25) is 0 Å². The van der Waals surface area contributed by atoms with E-state index >= 15 is 0 Å². The van der Waals surface area contributed by atoms with Gasteiger partial charge in [0.25, 0.3) is 5.69 Å². The van der Waals surface area contributed by atoms with Crippen LogP contribution in [0.2, 0.25) is 0 Å². The first-order valence-electron chi connectivity index (χ1n) is 5.96. The lowest BCUT2D eigenvalue weighted by atomic mass is 10.2. The van der Waals surface area contributed by atoms with E-state index in [1.165, 1.54) is 6.20 Å². The second-order valence-electron chi connectivity index (χ2n) is 4.63. The van der Waals surface area contributed by atoms with Crippen LogP contribution in [0.15, 0.2) is 12.3 Å². The van der Waals surface area contributed by atoms with Gasteiger partial charge in [-0.3, -0.25) is 10.1 Å². The minimum atomic E-state index is -2.99. The van der Waals surface area contributed by atoms with Crippen LogP contribution in [-0.4, -0.2) is 35.9 Å². The van der Waals surface area contributed by atoms with Gasteiger partial charge >= 0.3 is 0 Å². The average Bonchev–Trinajstić information content (AvgIpc) is 2.65. The molecule has 7 nitrogen and oxygen atoms in total. The summed E-state index contributed by atoms with van der Waals surface area (Å²) in [5.74, 6) is 0.705. The first-order chi connectivity index (χ1) is 8.90. The maximum atomic E-state index is 11.6.